The van der Waals surface area contributed by atoms with Gasteiger partial charge in [-0.25, -0.2) is 0 Å². The van der Waals surface area contributed by atoms with Crippen molar-refractivity contribution in [2.75, 3.05) is 11.9 Å². The topological polar surface area (TPSA) is 38.3 Å². The van der Waals surface area contributed by atoms with Gasteiger partial charge >= 0.3 is 0 Å². The van der Waals surface area contributed by atoms with Crippen LogP contribution in [-0.4, -0.2) is 12.5 Å². The molecule has 0 heterocycles. The van der Waals surface area contributed by atoms with Crippen molar-refractivity contribution in [3.8, 4) is 5.75 Å². The van der Waals surface area contributed by atoms with Crippen LogP contribution < -0.4 is 10.1 Å². The van der Waals surface area contributed by atoms with Crippen LogP contribution >= 0.6 is 11.6 Å². The molecule has 0 fully saturated rings. The second kappa shape index (κ2) is 7.85. The van der Waals surface area contributed by atoms with E-state index < -0.39 is 0 Å². The van der Waals surface area contributed by atoms with Crippen molar-refractivity contribution in [2.24, 2.45) is 0 Å². The highest BCUT2D eigenvalue weighted by atomic mass is 35.5. The Morgan fingerprint density at radius 2 is 1.86 bits per heavy atom. The monoisotopic (exact) mass is 317 g/mol. The number of para-hydroxylation sites is 1. The molecule has 22 heavy (non-hydrogen) atoms. The first-order valence-corrected chi connectivity index (χ1v) is 7.75. The summed E-state index contributed by atoms with van der Waals surface area (Å²) in [5.41, 5.74) is 1.83. The third-order valence-electron chi connectivity index (χ3n) is 3.55. The lowest BCUT2D eigenvalue weighted by atomic mass is 9.98. The average Bonchev–Trinajstić information content (AvgIpc) is 2.54. The molecule has 0 radical (unpaired) electrons. The lowest BCUT2D eigenvalue weighted by Gasteiger charge is -2.15. The van der Waals surface area contributed by atoms with Crippen molar-refractivity contribution in [3.63, 3.8) is 0 Å². The SMILES string of the molecule is CC[C@H](C)c1ccccc1OCC(=O)Nc1ccc(Cl)cc1. The fourth-order valence-corrected chi connectivity index (χ4v) is 2.24. The van der Waals surface area contributed by atoms with Crippen LogP contribution in [0, 0.1) is 0 Å². The summed E-state index contributed by atoms with van der Waals surface area (Å²) in [7, 11) is 0. The zero-order chi connectivity index (χ0) is 15.9. The van der Waals surface area contributed by atoms with Crippen LogP contribution in [-0.2, 0) is 4.79 Å². The second-order valence-electron chi connectivity index (χ2n) is 5.19. The van der Waals surface area contributed by atoms with Gasteiger partial charge in [-0.3, -0.25) is 4.79 Å². The quantitative estimate of drug-likeness (QED) is 0.825. The van der Waals surface area contributed by atoms with Gasteiger partial charge in [-0.05, 0) is 48.2 Å². The zero-order valence-corrected chi connectivity index (χ0v) is 13.6. The van der Waals surface area contributed by atoms with Gasteiger partial charge in [0, 0.05) is 10.7 Å². The van der Waals surface area contributed by atoms with E-state index in [9.17, 15) is 4.79 Å². The minimum absolute atomic E-state index is 0.0178. The summed E-state index contributed by atoms with van der Waals surface area (Å²) in [5, 5.41) is 3.42. The average molecular weight is 318 g/mol. The highest BCUT2D eigenvalue weighted by molar-refractivity contribution is 6.30. The first-order chi connectivity index (χ1) is 10.6. The molecule has 2 rings (SSSR count). The molecule has 4 heteroatoms. The Morgan fingerprint density at radius 1 is 1.18 bits per heavy atom. The van der Waals surface area contributed by atoms with Crippen LogP contribution in [0.25, 0.3) is 0 Å². The van der Waals surface area contributed by atoms with Crippen LogP contribution in [0.5, 0.6) is 5.75 Å². The molecule has 0 aliphatic carbocycles. The van der Waals surface area contributed by atoms with E-state index in [0.717, 1.165) is 17.7 Å². The van der Waals surface area contributed by atoms with Crippen LogP contribution in [0.2, 0.25) is 5.02 Å². The molecule has 2 aromatic carbocycles. The van der Waals surface area contributed by atoms with Crippen LogP contribution in [0.3, 0.4) is 0 Å². The Labute approximate surface area is 136 Å². The highest BCUT2D eigenvalue weighted by Gasteiger charge is 2.11. The van der Waals surface area contributed by atoms with Crippen molar-refractivity contribution in [1.29, 1.82) is 0 Å². The number of anilines is 1. The predicted molar refractivity (Wildman–Crippen MR) is 90.7 cm³/mol. The van der Waals surface area contributed by atoms with Gasteiger partial charge in [0.25, 0.3) is 5.91 Å². The van der Waals surface area contributed by atoms with Crippen molar-refractivity contribution >= 4 is 23.2 Å². The Hall–Kier alpha value is -2.00. The smallest absolute Gasteiger partial charge is 0.262 e. The Kier molecular flexibility index (Phi) is 5.84. The van der Waals surface area contributed by atoms with E-state index in [1.807, 2.05) is 24.3 Å². The number of carbonyl (C=O) groups is 1. The third kappa shape index (κ3) is 4.50. The van der Waals surface area contributed by atoms with Gasteiger partial charge in [0.15, 0.2) is 6.61 Å². The number of amides is 1. The number of benzene rings is 2. The summed E-state index contributed by atoms with van der Waals surface area (Å²) >= 11 is 5.81. The molecule has 3 nitrogen and oxygen atoms in total. The summed E-state index contributed by atoms with van der Waals surface area (Å²) in [6.45, 7) is 4.26. The summed E-state index contributed by atoms with van der Waals surface area (Å²) in [6, 6.07) is 14.8. The first-order valence-electron chi connectivity index (χ1n) is 7.37. The zero-order valence-electron chi connectivity index (χ0n) is 12.8. The first kappa shape index (κ1) is 16.4. The normalized spacial score (nSPS) is 11.8. The molecule has 1 atom stereocenters. The van der Waals surface area contributed by atoms with Gasteiger partial charge in [0.1, 0.15) is 5.75 Å². The van der Waals surface area contributed by atoms with Crippen molar-refractivity contribution in [2.45, 2.75) is 26.2 Å². The molecule has 0 aromatic heterocycles. The summed E-state index contributed by atoms with van der Waals surface area (Å²) in [4.78, 5) is 12.0. The van der Waals surface area contributed by atoms with Crippen molar-refractivity contribution in [3.05, 3.63) is 59.1 Å². The molecule has 0 unspecified atom stereocenters. The van der Waals surface area contributed by atoms with Gasteiger partial charge in [0.2, 0.25) is 0 Å². The van der Waals surface area contributed by atoms with Gasteiger partial charge in [0.05, 0.1) is 0 Å². The lowest BCUT2D eigenvalue weighted by molar-refractivity contribution is -0.118. The van der Waals surface area contributed by atoms with Crippen molar-refractivity contribution < 1.29 is 9.53 Å². The van der Waals surface area contributed by atoms with Crippen LogP contribution in [0.4, 0.5) is 5.69 Å². The molecule has 0 aliphatic rings. The molecule has 0 bridgehead atoms. The number of nitrogens with one attached hydrogen (secondary N) is 1. The number of rotatable bonds is 6. The van der Waals surface area contributed by atoms with E-state index in [1.165, 1.54) is 0 Å². The summed E-state index contributed by atoms with van der Waals surface area (Å²) in [6.07, 6.45) is 1.03. The van der Waals surface area contributed by atoms with Gasteiger partial charge in [-0.15, -0.1) is 0 Å². The minimum atomic E-state index is -0.193. The number of carbonyl (C=O) groups excluding carboxylic acids is 1. The summed E-state index contributed by atoms with van der Waals surface area (Å²) in [5.74, 6) is 0.972. The van der Waals surface area contributed by atoms with E-state index >= 15 is 0 Å². The molecule has 116 valence electrons. The van der Waals surface area contributed by atoms with E-state index in [-0.39, 0.29) is 12.5 Å². The maximum atomic E-state index is 12.0. The Morgan fingerprint density at radius 3 is 2.55 bits per heavy atom. The molecule has 2 aromatic rings. The van der Waals surface area contributed by atoms with Gasteiger partial charge in [-0.2, -0.15) is 0 Å². The maximum absolute atomic E-state index is 12.0. The number of ether oxygens (including phenoxy) is 1. The van der Waals surface area contributed by atoms with Gasteiger partial charge in [-0.1, -0.05) is 43.6 Å². The van der Waals surface area contributed by atoms with E-state index in [2.05, 4.69) is 19.2 Å². The Bertz CT molecular complexity index is 625. The fourth-order valence-electron chi connectivity index (χ4n) is 2.11. The lowest BCUT2D eigenvalue weighted by Crippen LogP contribution is -2.20. The number of halogens is 1. The van der Waals surface area contributed by atoms with Crippen LogP contribution in [0.15, 0.2) is 48.5 Å². The molecular formula is C18H20ClNO2. The molecule has 0 aliphatic heterocycles. The second-order valence-corrected chi connectivity index (χ2v) is 5.63. The highest BCUT2D eigenvalue weighted by Crippen LogP contribution is 2.28. The maximum Gasteiger partial charge on any atom is 0.262 e. The molecule has 0 spiro atoms. The number of hydrogen-bond donors (Lipinski definition) is 1. The van der Waals surface area contributed by atoms with Crippen molar-refractivity contribution in [1.82, 2.24) is 0 Å². The fraction of sp³-hybridized carbons (Fsp3) is 0.278. The Balaban J connectivity index is 1.95. The van der Waals surface area contributed by atoms with E-state index in [4.69, 9.17) is 16.3 Å². The standard InChI is InChI=1S/C18H20ClNO2/c1-3-13(2)16-6-4-5-7-17(16)22-12-18(21)20-15-10-8-14(19)9-11-15/h4-11,13H,3,12H2,1-2H3,(H,20,21)/t13-/m0/s1. The molecule has 1 N–H and O–H groups in total. The summed E-state index contributed by atoms with van der Waals surface area (Å²) < 4.78 is 5.68. The molecule has 0 saturated carbocycles. The van der Waals surface area contributed by atoms with E-state index in [1.54, 1.807) is 24.3 Å². The predicted octanol–water partition coefficient (Wildman–Crippen LogP) is 4.87. The van der Waals surface area contributed by atoms with Gasteiger partial charge < -0.3 is 10.1 Å². The largest absolute Gasteiger partial charge is 0.483 e. The van der Waals surface area contributed by atoms with E-state index in [0.29, 0.717) is 16.6 Å². The number of hydrogen-bond acceptors (Lipinski definition) is 2. The molecular weight excluding hydrogens is 298 g/mol. The minimum Gasteiger partial charge on any atom is -0.483 e. The molecule has 1 amide bonds. The molecule has 0 saturated heterocycles. The van der Waals surface area contributed by atoms with Crippen LogP contribution in [0.1, 0.15) is 31.7 Å². The third-order valence-corrected chi connectivity index (χ3v) is 3.80.